The molecule has 0 unspecified atom stereocenters. The molecule has 4 aromatic rings. The van der Waals surface area contributed by atoms with Crippen molar-refractivity contribution in [1.82, 2.24) is 4.98 Å². The van der Waals surface area contributed by atoms with Crippen molar-refractivity contribution in [2.45, 2.75) is 13.5 Å². The van der Waals surface area contributed by atoms with Gasteiger partial charge in [0.1, 0.15) is 0 Å². The van der Waals surface area contributed by atoms with E-state index >= 15 is 0 Å². The van der Waals surface area contributed by atoms with Gasteiger partial charge >= 0.3 is 5.97 Å². The maximum Gasteiger partial charge on any atom is 0.340 e. The van der Waals surface area contributed by atoms with Crippen LogP contribution in [0.3, 0.4) is 0 Å². The van der Waals surface area contributed by atoms with Crippen molar-refractivity contribution in [3.63, 3.8) is 0 Å². The quantitative estimate of drug-likeness (QED) is 0.171. The number of H-pyrrole nitrogens is 1. The minimum Gasteiger partial charge on any atom is -0.454 e. The number of nitrogens with zero attached hydrogens (tertiary/aromatic N) is 1. The average molecular weight is 443 g/mol. The molecule has 0 atom stereocenters. The highest BCUT2D eigenvalue weighted by Gasteiger charge is 2.21. The number of ether oxygens (including phenoxy) is 1. The first-order chi connectivity index (χ1) is 15.9. The number of aromatic nitrogens is 1. The lowest BCUT2D eigenvalue weighted by atomic mass is 10.1. The second-order valence-corrected chi connectivity index (χ2v) is 7.50. The summed E-state index contributed by atoms with van der Waals surface area (Å²) in [6, 6.07) is 20.8. The van der Waals surface area contributed by atoms with Gasteiger partial charge in [-0.1, -0.05) is 48.5 Å². The number of nitrogens with one attached hydrogen (secondary N) is 2. The summed E-state index contributed by atoms with van der Waals surface area (Å²) in [7, 11) is 0. The lowest BCUT2D eigenvalue weighted by Gasteiger charge is -2.12. The standard InChI is InChI=1S/C25H21N3O5/c1-16-24(19-9-5-6-10-22(19)27-16)23(29)15-33-25(30)20-13-18(28(31)32)11-12-21(20)26-14-17-7-3-2-4-8-17/h2-13,26-27H,14-15H2,1H3. The molecule has 0 aliphatic carbocycles. The maximum atomic E-state index is 12.8. The Morgan fingerprint density at radius 2 is 1.76 bits per heavy atom. The van der Waals surface area contributed by atoms with Crippen LogP contribution in [0.5, 0.6) is 0 Å². The summed E-state index contributed by atoms with van der Waals surface area (Å²) >= 11 is 0. The number of aromatic amines is 1. The monoisotopic (exact) mass is 443 g/mol. The number of hydrogen-bond acceptors (Lipinski definition) is 6. The lowest BCUT2D eigenvalue weighted by Crippen LogP contribution is -2.16. The number of anilines is 1. The van der Waals surface area contributed by atoms with Crippen LogP contribution in [0.25, 0.3) is 10.9 Å². The number of ketones is 1. The zero-order valence-corrected chi connectivity index (χ0v) is 17.8. The average Bonchev–Trinajstić information content (AvgIpc) is 3.17. The van der Waals surface area contributed by atoms with Crippen LogP contribution in [0, 0.1) is 17.0 Å². The minimum absolute atomic E-state index is 0.0106. The fraction of sp³-hybridized carbons (Fsp3) is 0.120. The fourth-order valence-corrected chi connectivity index (χ4v) is 3.68. The van der Waals surface area contributed by atoms with Gasteiger partial charge in [0.15, 0.2) is 6.61 Å². The summed E-state index contributed by atoms with van der Waals surface area (Å²) < 4.78 is 5.28. The number of nitro benzene ring substituents is 1. The molecule has 4 rings (SSSR count). The van der Waals surface area contributed by atoms with Gasteiger partial charge in [0, 0.05) is 46.5 Å². The van der Waals surface area contributed by atoms with Crippen LogP contribution in [0.4, 0.5) is 11.4 Å². The third kappa shape index (κ3) is 4.74. The van der Waals surface area contributed by atoms with Gasteiger partial charge in [-0.15, -0.1) is 0 Å². The number of benzene rings is 3. The molecule has 0 saturated heterocycles. The number of non-ortho nitro benzene ring substituents is 1. The summed E-state index contributed by atoms with van der Waals surface area (Å²) in [5.74, 6) is -1.18. The van der Waals surface area contributed by atoms with Crippen LogP contribution in [-0.2, 0) is 11.3 Å². The molecule has 0 aliphatic rings. The molecule has 0 aliphatic heterocycles. The van der Waals surface area contributed by atoms with Gasteiger partial charge < -0.3 is 15.0 Å². The summed E-state index contributed by atoms with van der Waals surface area (Å²) in [6.45, 7) is 1.70. The van der Waals surface area contributed by atoms with Crippen molar-refractivity contribution in [2.75, 3.05) is 11.9 Å². The van der Waals surface area contributed by atoms with Gasteiger partial charge in [-0.05, 0) is 24.6 Å². The first-order valence-electron chi connectivity index (χ1n) is 10.3. The first-order valence-corrected chi connectivity index (χ1v) is 10.3. The zero-order chi connectivity index (χ0) is 23.4. The van der Waals surface area contributed by atoms with E-state index in [0.29, 0.717) is 23.5 Å². The number of nitro groups is 1. The maximum absolute atomic E-state index is 12.8. The Hall–Kier alpha value is -4.46. The highest BCUT2D eigenvalue weighted by atomic mass is 16.6. The summed E-state index contributed by atoms with van der Waals surface area (Å²) in [4.78, 5) is 39.4. The van der Waals surface area contributed by atoms with E-state index < -0.39 is 17.5 Å². The van der Waals surface area contributed by atoms with E-state index in [0.717, 1.165) is 22.5 Å². The van der Waals surface area contributed by atoms with Gasteiger partial charge in [-0.25, -0.2) is 4.79 Å². The predicted molar refractivity (Wildman–Crippen MR) is 125 cm³/mol. The molecular weight excluding hydrogens is 422 g/mol. The first kappa shape index (κ1) is 21.8. The molecule has 1 heterocycles. The molecule has 0 spiro atoms. The van der Waals surface area contributed by atoms with Crippen LogP contribution < -0.4 is 5.32 Å². The lowest BCUT2D eigenvalue weighted by molar-refractivity contribution is -0.384. The molecule has 1 aromatic heterocycles. The van der Waals surface area contributed by atoms with Gasteiger partial charge in [0.25, 0.3) is 5.69 Å². The third-order valence-corrected chi connectivity index (χ3v) is 5.27. The molecule has 2 N–H and O–H groups in total. The smallest absolute Gasteiger partial charge is 0.340 e. The number of hydrogen-bond donors (Lipinski definition) is 2. The molecule has 0 amide bonds. The molecule has 0 fully saturated rings. The Bertz CT molecular complexity index is 1340. The van der Waals surface area contributed by atoms with E-state index in [1.165, 1.54) is 12.1 Å². The van der Waals surface area contributed by atoms with E-state index in [2.05, 4.69) is 10.3 Å². The van der Waals surface area contributed by atoms with Gasteiger partial charge in [-0.2, -0.15) is 0 Å². The van der Waals surface area contributed by atoms with Crippen molar-refractivity contribution in [1.29, 1.82) is 0 Å². The number of Topliss-reactive ketones (excluding diaryl/α,β-unsaturated/α-hetero) is 1. The second-order valence-electron chi connectivity index (χ2n) is 7.50. The number of para-hydroxylation sites is 1. The summed E-state index contributed by atoms with van der Waals surface area (Å²) in [6.07, 6.45) is 0. The topological polar surface area (TPSA) is 114 Å². The molecule has 33 heavy (non-hydrogen) atoms. The van der Waals surface area contributed by atoms with Crippen molar-refractivity contribution >= 4 is 34.0 Å². The van der Waals surface area contributed by atoms with Crippen molar-refractivity contribution < 1.29 is 19.2 Å². The molecule has 8 nitrogen and oxygen atoms in total. The van der Waals surface area contributed by atoms with E-state index in [-0.39, 0.29) is 17.0 Å². The molecule has 3 aromatic carbocycles. The number of carbonyl (C=O) groups is 2. The highest BCUT2D eigenvalue weighted by molar-refractivity contribution is 6.10. The molecule has 0 radical (unpaired) electrons. The molecule has 8 heteroatoms. The summed E-state index contributed by atoms with van der Waals surface area (Å²) in [5.41, 5.74) is 3.05. The number of aryl methyl sites for hydroxylation is 1. The molecule has 0 bridgehead atoms. The normalized spacial score (nSPS) is 10.7. The third-order valence-electron chi connectivity index (χ3n) is 5.27. The number of carbonyl (C=O) groups excluding carboxylic acids is 2. The Kier molecular flexibility index (Phi) is 6.17. The van der Waals surface area contributed by atoms with E-state index in [4.69, 9.17) is 4.74 Å². The summed E-state index contributed by atoms with van der Waals surface area (Å²) in [5, 5.41) is 15.1. The predicted octanol–water partition coefficient (Wildman–Crippen LogP) is 5.04. The van der Waals surface area contributed by atoms with Gasteiger partial charge in [-0.3, -0.25) is 14.9 Å². The van der Waals surface area contributed by atoms with Crippen LogP contribution in [0.1, 0.15) is 32.0 Å². The minimum atomic E-state index is -0.819. The van der Waals surface area contributed by atoms with Crippen molar-refractivity contribution in [3.8, 4) is 0 Å². The number of esters is 1. The van der Waals surface area contributed by atoms with Crippen LogP contribution in [0.15, 0.2) is 72.8 Å². The Labute approximate surface area is 189 Å². The van der Waals surface area contributed by atoms with Crippen molar-refractivity contribution in [2.24, 2.45) is 0 Å². The van der Waals surface area contributed by atoms with Crippen molar-refractivity contribution in [3.05, 3.63) is 105 Å². The molecule has 0 saturated carbocycles. The van der Waals surface area contributed by atoms with E-state index in [1.54, 1.807) is 6.92 Å². The Morgan fingerprint density at radius 1 is 1.03 bits per heavy atom. The van der Waals surface area contributed by atoms with Crippen LogP contribution in [0.2, 0.25) is 0 Å². The van der Waals surface area contributed by atoms with Crippen LogP contribution >= 0.6 is 0 Å². The SMILES string of the molecule is Cc1[nH]c2ccccc2c1C(=O)COC(=O)c1cc([N+](=O)[O-])ccc1NCc1ccccc1. The van der Waals surface area contributed by atoms with Crippen LogP contribution in [-0.4, -0.2) is 28.3 Å². The van der Waals surface area contributed by atoms with E-state index in [1.807, 2.05) is 54.6 Å². The van der Waals surface area contributed by atoms with Gasteiger partial charge in [0.05, 0.1) is 10.5 Å². The fourth-order valence-electron chi connectivity index (χ4n) is 3.68. The Balaban J connectivity index is 1.53. The molecule has 166 valence electrons. The van der Waals surface area contributed by atoms with E-state index in [9.17, 15) is 19.7 Å². The second kappa shape index (κ2) is 9.35. The zero-order valence-electron chi connectivity index (χ0n) is 17.8. The largest absolute Gasteiger partial charge is 0.454 e. The highest BCUT2D eigenvalue weighted by Crippen LogP contribution is 2.25. The Morgan fingerprint density at radius 3 is 2.52 bits per heavy atom. The molecular formula is C25H21N3O5. The number of fused-ring (bicyclic) bond motifs is 1. The number of rotatable bonds is 8. The van der Waals surface area contributed by atoms with Gasteiger partial charge in [0.2, 0.25) is 5.78 Å².